The van der Waals surface area contributed by atoms with Gasteiger partial charge in [0.15, 0.2) is 0 Å². The molecule has 0 atom stereocenters. The molecule has 0 unspecified atom stereocenters. The number of fused-ring (bicyclic) bond motifs is 6. The van der Waals surface area contributed by atoms with E-state index in [1.165, 1.54) is 67.0 Å². The lowest BCUT2D eigenvalue weighted by molar-refractivity contribution is 1.23. The molecule has 10 rings (SSSR count). The first-order valence-corrected chi connectivity index (χ1v) is 18.1. The summed E-state index contributed by atoms with van der Waals surface area (Å²) in [6, 6.07) is 70.7. The Morgan fingerprint density at radius 1 is 0.250 bits per heavy atom. The molecular formula is C50H36N2. The highest BCUT2D eigenvalue weighted by molar-refractivity contribution is 5.86. The Labute approximate surface area is 305 Å². The average molecular weight is 665 g/mol. The van der Waals surface area contributed by atoms with Crippen molar-refractivity contribution >= 4 is 34.1 Å². The van der Waals surface area contributed by atoms with Crippen LogP contribution in [0.4, 0.5) is 34.1 Å². The molecular weight excluding hydrogens is 629 g/mol. The molecule has 2 aliphatic carbocycles. The molecule has 0 radical (unpaired) electrons. The zero-order valence-electron chi connectivity index (χ0n) is 28.8. The van der Waals surface area contributed by atoms with Gasteiger partial charge in [0.2, 0.25) is 0 Å². The van der Waals surface area contributed by atoms with Crippen molar-refractivity contribution in [1.82, 2.24) is 0 Å². The van der Waals surface area contributed by atoms with Crippen LogP contribution in [0.3, 0.4) is 0 Å². The van der Waals surface area contributed by atoms with E-state index in [-0.39, 0.29) is 0 Å². The molecule has 0 saturated heterocycles. The van der Waals surface area contributed by atoms with Gasteiger partial charge < -0.3 is 9.80 Å². The van der Waals surface area contributed by atoms with E-state index >= 15 is 0 Å². The Hall–Kier alpha value is -6.64. The smallest absolute Gasteiger partial charge is 0.0464 e. The second-order valence-corrected chi connectivity index (χ2v) is 13.8. The van der Waals surface area contributed by atoms with Crippen LogP contribution >= 0.6 is 0 Å². The molecule has 2 nitrogen and oxygen atoms in total. The molecule has 246 valence electrons. The van der Waals surface area contributed by atoms with E-state index in [4.69, 9.17) is 0 Å². The van der Waals surface area contributed by atoms with Gasteiger partial charge in [0, 0.05) is 34.1 Å². The van der Waals surface area contributed by atoms with Gasteiger partial charge in [-0.15, -0.1) is 0 Å². The van der Waals surface area contributed by atoms with E-state index in [1.807, 2.05) is 0 Å². The van der Waals surface area contributed by atoms with Crippen LogP contribution in [0, 0.1) is 0 Å². The lowest BCUT2D eigenvalue weighted by atomic mass is 10.0. The van der Waals surface area contributed by atoms with Crippen LogP contribution in [0.1, 0.15) is 22.3 Å². The zero-order chi connectivity index (χ0) is 34.4. The van der Waals surface area contributed by atoms with E-state index < -0.39 is 0 Å². The van der Waals surface area contributed by atoms with E-state index in [9.17, 15) is 0 Å². The van der Waals surface area contributed by atoms with Crippen molar-refractivity contribution in [3.63, 3.8) is 0 Å². The third-order valence-corrected chi connectivity index (χ3v) is 10.7. The summed E-state index contributed by atoms with van der Waals surface area (Å²) in [5.41, 5.74) is 20.3. The molecule has 8 aromatic carbocycles. The highest BCUT2D eigenvalue weighted by Gasteiger charge is 2.22. The first-order valence-electron chi connectivity index (χ1n) is 18.1. The maximum atomic E-state index is 2.37. The van der Waals surface area contributed by atoms with Gasteiger partial charge in [-0.3, -0.25) is 0 Å². The Balaban J connectivity index is 0.961. The van der Waals surface area contributed by atoms with E-state index in [0.717, 1.165) is 35.6 Å². The number of para-hydroxylation sites is 2. The Morgan fingerprint density at radius 3 is 1.00 bits per heavy atom. The van der Waals surface area contributed by atoms with Crippen LogP contribution in [0.15, 0.2) is 194 Å². The Morgan fingerprint density at radius 2 is 0.577 bits per heavy atom. The first-order chi connectivity index (χ1) is 25.8. The number of anilines is 6. The van der Waals surface area contributed by atoms with Crippen molar-refractivity contribution < 1.29 is 0 Å². The monoisotopic (exact) mass is 664 g/mol. The predicted octanol–water partition coefficient (Wildman–Crippen LogP) is 13.4. The molecule has 0 fully saturated rings. The van der Waals surface area contributed by atoms with Gasteiger partial charge >= 0.3 is 0 Å². The summed E-state index contributed by atoms with van der Waals surface area (Å²) in [6.07, 6.45) is 1.94. The molecule has 0 spiro atoms. The number of hydrogen-bond acceptors (Lipinski definition) is 2. The van der Waals surface area contributed by atoms with Crippen LogP contribution in [0.5, 0.6) is 0 Å². The Bertz CT molecular complexity index is 2370. The van der Waals surface area contributed by atoms with Gasteiger partial charge in [-0.05, 0) is 141 Å². The summed E-state index contributed by atoms with van der Waals surface area (Å²) in [6.45, 7) is 0. The fourth-order valence-electron chi connectivity index (χ4n) is 8.20. The molecule has 2 heteroatoms. The first kappa shape index (κ1) is 30.2. The van der Waals surface area contributed by atoms with Gasteiger partial charge in [0.25, 0.3) is 0 Å². The molecule has 0 aromatic heterocycles. The topological polar surface area (TPSA) is 6.48 Å². The quantitative estimate of drug-likeness (QED) is 0.167. The van der Waals surface area contributed by atoms with E-state index in [0.29, 0.717) is 0 Å². The second kappa shape index (κ2) is 12.6. The van der Waals surface area contributed by atoms with Gasteiger partial charge in [0.05, 0.1) is 0 Å². The van der Waals surface area contributed by atoms with Crippen molar-refractivity contribution in [2.45, 2.75) is 12.8 Å². The zero-order valence-corrected chi connectivity index (χ0v) is 28.8. The molecule has 0 N–H and O–H groups in total. The molecule has 0 heterocycles. The highest BCUT2D eigenvalue weighted by atomic mass is 15.1. The fourth-order valence-corrected chi connectivity index (χ4v) is 8.20. The molecule has 0 aliphatic heterocycles. The van der Waals surface area contributed by atoms with Crippen molar-refractivity contribution in [1.29, 1.82) is 0 Å². The molecule has 0 saturated carbocycles. The van der Waals surface area contributed by atoms with Crippen molar-refractivity contribution in [2.75, 3.05) is 9.80 Å². The van der Waals surface area contributed by atoms with Crippen molar-refractivity contribution in [3.05, 3.63) is 216 Å². The largest absolute Gasteiger partial charge is 0.310 e. The standard InChI is InChI=1S/C50H36N2/c1-3-13-41(14-4-1)51(45-27-29-49-39(33-45)31-37-11-7-9-17-47(37)49)43-23-19-35(20-24-43)36-21-25-44(26-22-36)52(42-15-5-2-6-16-42)46-28-30-50-40(34-46)32-38-12-8-10-18-48(38)50/h1-30,33-34H,31-32H2. The maximum absolute atomic E-state index is 2.37. The van der Waals surface area contributed by atoms with Gasteiger partial charge in [-0.2, -0.15) is 0 Å². The number of rotatable bonds is 7. The third kappa shape index (κ3) is 5.28. The average Bonchev–Trinajstić information content (AvgIpc) is 3.77. The molecule has 0 bridgehead atoms. The van der Waals surface area contributed by atoms with Crippen LogP contribution in [-0.4, -0.2) is 0 Å². The SMILES string of the molecule is c1ccc(N(c2ccc(-c3ccc(N(c4ccccc4)c4ccc5c(c4)Cc4ccccc4-5)cc3)cc2)c2ccc3c(c2)Cc2ccccc2-3)cc1. The van der Waals surface area contributed by atoms with Crippen LogP contribution < -0.4 is 9.80 Å². The van der Waals surface area contributed by atoms with Crippen molar-refractivity contribution in [3.8, 4) is 33.4 Å². The minimum Gasteiger partial charge on any atom is -0.310 e. The third-order valence-electron chi connectivity index (χ3n) is 10.7. The van der Waals surface area contributed by atoms with Gasteiger partial charge in [0.1, 0.15) is 0 Å². The fraction of sp³-hybridized carbons (Fsp3) is 0.0400. The molecule has 0 amide bonds. The molecule has 52 heavy (non-hydrogen) atoms. The normalized spacial score (nSPS) is 12.1. The summed E-state index contributed by atoms with van der Waals surface area (Å²) in [4.78, 5) is 4.73. The van der Waals surface area contributed by atoms with Crippen LogP contribution in [0.2, 0.25) is 0 Å². The predicted molar refractivity (Wildman–Crippen MR) is 218 cm³/mol. The maximum Gasteiger partial charge on any atom is 0.0464 e. The van der Waals surface area contributed by atoms with Crippen LogP contribution in [0.25, 0.3) is 33.4 Å². The van der Waals surface area contributed by atoms with Gasteiger partial charge in [-0.1, -0.05) is 121 Å². The van der Waals surface area contributed by atoms with E-state index in [2.05, 4.69) is 204 Å². The minimum atomic E-state index is 0.972. The summed E-state index contributed by atoms with van der Waals surface area (Å²) in [5, 5.41) is 0. The van der Waals surface area contributed by atoms with E-state index in [1.54, 1.807) is 0 Å². The Kier molecular flexibility index (Phi) is 7.32. The summed E-state index contributed by atoms with van der Waals surface area (Å²) < 4.78 is 0. The lowest BCUT2D eigenvalue weighted by Crippen LogP contribution is -2.10. The summed E-state index contributed by atoms with van der Waals surface area (Å²) >= 11 is 0. The summed E-state index contributed by atoms with van der Waals surface area (Å²) in [5.74, 6) is 0. The number of nitrogens with zero attached hydrogens (tertiary/aromatic N) is 2. The van der Waals surface area contributed by atoms with Crippen LogP contribution in [-0.2, 0) is 12.8 Å². The lowest BCUT2D eigenvalue weighted by Gasteiger charge is -2.27. The second-order valence-electron chi connectivity index (χ2n) is 13.8. The summed E-state index contributed by atoms with van der Waals surface area (Å²) in [7, 11) is 0. The molecule has 8 aromatic rings. The van der Waals surface area contributed by atoms with Gasteiger partial charge in [-0.25, -0.2) is 0 Å². The number of benzene rings is 8. The van der Waals surface area contributed by atoms with Crippen molar-refractivity contribution in [2.24, 2.45) is 0 Å². The minimum absolute atomic E-state index is 0.972. The number of hydrogen-bond donors (Lipinski definition) is 0. The highest BCUT2D eigenvalue weighted by Crippen LogP contribution is 2.44. The molecule has 2 aliphatic rings.